The lowest BCUT2D eigenvalue weighted by Crippen LogP contribution is -2.37. The van der Waals surface area contributed by atoms with Crippen molar-refractivity contribution in [2.75, 3.05) is 0 Å². The fourth-order valence-electron chi connectivity index (χ4n) is 4.53. The summed E-state index contributed by atoms with van der Waals surface area (Å²) in [7, 11) is 0. The number of hydrogen-bond donors (Lipinski definition) is 0. The van der Waals surface area contributed by atoms with Crippen molar-refractivity contribution in [2.45, 2.75) is 31.6 Å². The molecule has 0 aromatic heterocycles. The first-order valence-corrected chi connectivity index (χ1v) is 7.75. The fraction of sp³-hybridized carbons (Fsp3) is 0.421. The van der Waals surface area contributed by atoms with Crippen LogP contribution >= 0.6 is 0 Å². The maximum Gasteiger partial charge on any atom is 0.0665 e. The van der Waals surface area contributed by atoms with Gasteiger partial charge in [0.25, 0.3) is 0 Å². The lowest BCUT2D eigenvalue weighted by atomic mass is 9.57. The first-order chi connectivity index (χ1) is 9.86. The molecule has 0 amide bonds. The molecule has 0 aliphatic heterocycles. The van der Waals surface area contributed by atoms with Gasteiger partial charge in [-0.05, 0) is 53.9 Å². The van der Waals surface area contributed by atoms with Gasteiger partial charge in [0.1, 0.15) is 0 Å². The van der Waals surface area contributed by atoms with Crippen LogP contribution in [0.15, 0.2) is 42.5 Å². The Kier molecular flexibility index (Phi) is 2.77. The molecule has 0 N–H and O–H groups in total. The van der Waals surface area contributed by atoms with Crippen LogP contribution in [0.5, 0.6) is 0 Å². The summed E-state index contributed by atoms with van der Waals surface area (Å²) in [5.41, 5.74) is 1.39. The van der Waals surface area contributed by atoms with E-state index in [0.29, 0.717) is 11.8 Å². The molecule has 5 rings (SSSR count). The Bertz CT molecular complexity index is 673. The van der Waals surface area contributed by atoms with Crippen molar-refractivity contribution in [2.24, 2.45) is 17.8 Å². The molecule has 100 valence electrons. The summed E-state index contributed by atoms with van der Waals surface area (Å²) in [5.74, 6) is 2.08. The quantitative estimate of drug-likeness (QED) is 0.717. The molecule has 0 heterocycles. The van der Waals surface area contributed by atoms with E-state index in [0.717, 1.165) is 5.92 Å². The summed E-state index contributed by atoms with van der Waals surface area (Å²) in [6.45, 7) is 0. The minimum atomic E-state index is 0.240. The maximum atomic E-state index is 9.61. The van der Waals surface area contributed by atoms with Gasteiger partial charge in [-0.25, -0.2) is 0 Å². The van der Waals surface area contributed by atoms with Crippen LogP contribution in [0.2, 0.25) is 0 Å². The van der Waals surface area contributed by atoms with E-state index in [4.69, 9.17) is 0 Å². The average Bonchev–Trinajstić information content (AvgIpc) is 2.54. The third-order valence-corrected chi connectivity index (χ3v) is 5.53. The largest absolute Gasteiger partial charge is 0.198 e. The van der Waals surface area contributed by atoms with Crippen molar-refractivity contribution in [1.82, 2.24) is 0 Å². The lowest BCUT2D eigenvalue weighted by molar-refractivity contribution is 0.101. The lowest BCUT2D eigenvalue weighted by Gasteiger charge is -2.46. The molecular formula is C19H19N. The van der Waals surface area contributed by atoms with E-state index in [9.17, 15) is 5.26 Å². The van der Waals surface area contributed by atoms with Gasteiger partial charge in [0.15, 0.2) is 0 Å². The number of fused-ring (bicyclic) bond motifs is 4. The highest BCUT2D eigenvalue weighted by molar-refractivity contribution is 5.83. The minimum absolute atomic E-state index is 0.240. The van der Waals surface area contributed by atoms with Gasteiger partial charge in [0.2, 0.25) is 0 Å². The highest BCUT2D eigenvalue weighted by Crippen LogP contribution is 2.53. The molecule has 2 atom stereocenters. The zero-order valence-corrected chi connectivity index (χ0v) is 11.6. The van der Waals surface area contributed by atoms with E-state index in [1.807, 2.05) is 0 Å². The second-order valence-corrected chi connectivity index (χ2v) is 6.46. The van der Waals surface area contributed by atoms with Crippen molar-refractivity contribution in [3.8, 4) is 6.07 Å². The monoisotopic (exact) mass is 261 g/mol. The van der Waals surface area contributed by atoms with Gasteiger partial charge in [-0.3, -0.25) is 0 Å². The van der Waals surface area contributed by atoms with E-state index in [-0.39, 0.29) is 5.92 Å². The SMILES string of the molecule is N#C[C@H]1C2CCC(CC2)[C@H]1c1ccc2ccccc2c1. The van der Waals surface area contributed by atoms with E-state index in [2.05, 4.69) is 48.5 Å². The predicted octanol–water partition coefficient (Wildman–Crippen LogP) is 4.88. The molecule has 3 aliphatic rings. The van der Waals surface area contributed by atoms with Gasteiger partial charge in [-0.2, -0.15) is 5.26 Å². The molecule has 2 aromatic carbocycles. The molecule has 0 saturated heterocycles. The van der Waals surface area contributed by atoms with Gasteiger partial charge in [-0.1, -0.05) is 42.5 Å². The van der Waals surface area contributed by atoms with Crippen LogP contribution in [0.4, 0.5) is 0 Å². The Labute approximate surface area is 120 Å². The van der Waals surface area contributed by atoms with Crippen LogP contribution < -0.4 is 0 Å². The van der Waals surface area contributed by atoms with Crippen molar-refractivity contribution in [1.29, 1.82) is 5.26 Å². The molecule has 3 saturated carbocycles. The van der Waals surface area contributed by atoms with Gasteiger partial charge < -0.3 is 0 Å². The third kappa shape index (κ3) is 1.75. The van der Waals surface area contributed by atoms with Crippen molar-refractivity contribution in [3.63, 3.8) is 0 Å². The van der Waals surface area contributed by atoms with Crippen LogP contribution in [0, 0.1) is 29.1 Å². The van der Waals surface area contributed by atoms with Gasteiger partial charge >= 0.3 is 0 Å². The second kappa shape index (κ2) is 4.63. The van der Waals surface area contributed by atoms with E-state index in [1.165, 1.54) is 42.0 Å². The molecule has 2 aromatic rings. The van der Waals surface area contributed by atoms with Crippen molar-refractivity contribution < 1.29 is 0 Å². The molecule has 1 heteroatoms. The average molecular weight is 261 g/mol. The predicted molar refractivity (Wildman–Crippen MR) is 81.2 cm³/mol. The molecule has 20 heavy (non-hydrogen) atoms. The van der Waals surface area contributed by atoms with E-state index in [1.54, 1.807) is 0 Å². The summed E-state index contributed by atoms with van der Waals surface area (Å²) >= 11 is 0. The molecule has 2 bridgehead atoms. The number of nitriles is 1. The number of rotatable bonds is 1. The van der Waals surface area contributed by atoms with E-state index < -0.39 is 0 Å². The zero-order valence-electron chi connectivity index (χ0n) is 11.6. The molecule has 0 radical (unpaired) electrons. The summed E-state index contributed by atoms with van der Waals surface area (Å²) < 4.78 is 0. The van der Waals surface area contributed by atoms with Crippen molar-refractivity contribution in [3.05, 3.63) is 48.0 Å². The van der Waals surface area contributed by atoms with Crippen LogP contribution in [0.25, 0.3) is 10.8 Å². The van der Waals surface area contributed by atoms with Crippen molar-refractivity contribution >= 4 is 10.8 Å². The Morgan fingerprint density at radius 2 is 1.55 bits per heavy atom. The molecule has 1 nitrogen and oxygen atoms in total. The Morgan fingerprint density at radius 3 is 2.30 bits per heavy atom. The molecule has 0 spiro atoms. The first kappa shape index (κ1) is 12.0. The molecular weight excluding hydrogens is 242 g/mol. The fourth-order valence-corrected chi connectivity index (χ4v) is 4.53. The number of hydrogen-bond acceptors (Lipinski definition) is 1. The Morgan fingerprint density at radius 1 is 0.850 bits per heavy atom. The summed E-state index contributed by atoms with van der Waals surface area (Å²) in [6, 6.07) is 18.0. The van der Waals surface area contributed by atoms with Gasteiger partial charge in [0, 0.05) is 5.92 Å². The van der Waals surface area contributed by atoms with Gasteiger partial charge in [0.05, 0.1) is 12.0 Å². The summed E-state index contributed by atoms with van der Waals surface area (Å²) in [4.78, 5) is 0. The molecule has 3 aliphatic carbocycles. The zero-order chi connectivity index (χ0) is 13.5. The number of nitrogens with zero attached hydrogens (tertiary/aromatic N) is 1. The van der Waals surface area contributed by atoms with E-state index >= 15 is 0 Å². The first-order valence-electron chi connectivity index (χ1n) is 7.75. The topological polar surface area (TPSA) is 23.8 Å². The molecule has 3 fully saturated rings. The van der Waals surface area contributed by atoms with Gasteiger partial charge in [-0.15, -0.1) is 0 Å². The molecule has 0 unspecified atom stereocenters. The second-order valence-electron chi connectivity index (χ2n) is 6.46. The maximum absolute atomic E-state index is 9.61. The third-order valence-electron chi connectivity index (χ3n) is 5.53. The highest BCUT2D eigenvalue weighted by atomic mass is 14.5. The minimum Gasteiger partial charge on any atom is -0.198 e. The smallest absolute Gasteiger partial charge is 0.0665 e. The number of benzene rings is 2. The van der Waals surface area contributed by atoms with Crippen LogP contribution in [0.1, 0.15) is 37.2 Å². The normalized spacial score (nSPS) is 32.1. The highest BCUT2D eigenvalue weighted by Gasteiger charge is 2.44. The summed E-state index contributed by atoms with van der Waals surface area (Å²) in [5, 5.41) is 12.2. The van der Waals surface area contributed by atoms with Crippen LogP contribution in [-0.2, 0) is 0 Å². The Balaban J connectivity index is 1.79. The van der Waals surface area contributed by atoms with Crippen LogP contribution in [0.3, 0.4) is 0 Å². The summed E-state index contributed by atoms with van der Waals surface area (Å²) in [6.07, 6.45) is 5.18. The standard InChI is InChI=1S/C19H19N/c20-12-18-14-6-8-15(9-7-14)19(18)17-10-5-13-3-1-2-4-16(13)11-17/h1-5,10-11,14-15,18-19H,6-9H2/t14?,15?,18-,19-/m0/s1. The Hall–Kier alpha value is -1.81. The van der Waals surface area contributed by atoms with Crippen LogP contribution in [-0.4, -0.2) is 0 Å².